The second-order valence-electron chi connectivity index (χ2n) is 7.46. The minimum absolute atomic E-state index is 0.0582. The molecule has 0 amide bonds. The first-order valence-corrected chi connectivity index (χ1v) is 9.39. The lowest BCUT2D eigenvalue weighted by molar-refractivity contribution is -0.143. The van der Waals surface area contributed by atoms with Crippen LogP contribution < -0.4 is 5.32 Å². The summed E-state index contributed by atoms with van der Waals surface area (Å²) in [6.45, 7) is 1.90. The van der Waals surface area contributed by atoms with Gasteiger partial charge in [0.05, 0.1) is 17.1 Å². The number of halogens is 2. The van der Waals surface area contributed by atoms with Crippen molar-refractivity contribution in [3.8, 4) is 11.4 Å². The number of fused-ring (bicyclic) bond motifs is 1. The number of nitrogens with zero attached hydrogens (tertiary/aromatic N) is 3. The van der Waals surface area contributed by atoms with E-state index in [-0.39, 0.29) is 5.82 Å². The Hall–Kier alpha value is -2.74. The topological polar surface area (TPSA) is 104 Å². The fourth-order valence-electron chi connectivity index (χ4n) is 3.84. The Morgan fingerprint density at radius 3 is 3.04 bits per heavy atom. The average molecular weight is 404 g/mol. The van der Waals surface area contributed by atoms with Crippen LogP contribution in [0.2, 0.25) is 5.02 Å². The molecule has 3 aromatic heterocycles. The molecule has 0 saturated heterocycles. The molecule has 4 rings (SSSR count). The number of hydrogen-bond donors (Lipinski definition) is 3. The lowest BCUT2D eigenvalue weighted by Crippen LogP contribution is -2.42. The lowest BCUT2D eigenvalue weighted by Gasteiger charge is -2.37. The van der Waals surface area contributed by atoms with Gasteiger partial charge in [-0.05, 0) is 32.3 Å². The van der Waals surface area contributed by atoms with Crippen LogP contribution in [0, 0.1) is 11.7 Å². The molecule has 7 nitrogen and oxygen atoms in total. The summed E-state index contributed by atoms with van der Waals surface area (Å²) in [5.41, 5.74) is 0.731. The third-order valence-electron chi connectivity index (χ3n) is 5.23. The van der Waals surface area contributed by atoms with Gasteiger partial charge in [-0.15, -0.1) is 0 Å². The van der Waals surface area contributed by atoms with E-state index in [9.17, 15) is 14.3 Å². The van der Waals surface area contributed by atoms with Crippen LogP contribution in [0.3, 0.4) is 0 Å². The molecule has 0 unspecified atom stereocenters. The van der Waals surface area contributed by atoms with Gasteiger partial charge in [-0.1, -0.05) is 18.0 Å². The third kappa shape index (κ3) is 3.52. The summed E-state index contributed by atoms with van der Waals surface area (Å²) in [6, 6.07) is 1.75. The van der Waals surface area contributed by atoms with Gasteiger partial charge in [-0.2, -0.15) is 0 Å². The number of carbonyl (C=O) groups is 1. The average Bonchev–Trinajstić information content (AvgIpc) is 3.06. The smallest absolute Gasteiger partial charge is 0.306 e. The predicted octanol–water partition coefficient (Wildman–Crippen LogP) is 4.26. The van der Waals surface area contributed by atoms with E-state index in [1.165, 1.54) is 6.20 Å². The van der Waals surface area contributed by atoms with E-state index in [4.69, 9.17) is 11.6 Å². The molecule has 1 saturated carbocycles. The number of hydrogen-bond acceptors (Lipinski definition) is 5. The van der Waals surface area contributed by atoms with Gasteiger partial charge in [-0.25, -0.2) is 19.3 Å². The van der Waals surface area contributed by atoms with Gasteiger partial charge in [-0.3, -0.25) is 4.79 Å². The summed E-state index contributed by atoms with van der Waals surface area (Å²) in [5.74, 6) is -1.47. The van der Waals surface area contributed by atoms with Crippen LogP contribution in [0.4, 0.5) is 10.2 Å². The number of carboxylic acid groups (broad SMARTS) is 1. The highest BCUT2D eigenvalue weighted by Crippen LogP contribution is 2.36. The molecule has 0 spiro atoms. The van der Waals surface area contributed by atoms with E-state index < -0.39 is 23.2 Å². The van der Waals surface area contributed by atoms with E-state index in [0.717, 1.165) is 24.4 Å². The molecular formula is C19H19ClFN5O2. The van der Waals surface area contributed by atoms with Crippen molar-refractivity contribution in [2.24, 2.45) is 5.92 Å². The van der Waals surface area contributed by atoms with Crippen molar-refractivity contribution in [3.05, 3.63) is 35.5 Å². The molecule has 3 heterocycles. The highest BCUT2D eigenvalue weighted by Gasteiger charge is 2.36. The van der Waals surface area contributed by atoms with Crippen molar-refractivity contribution in [1.29, 1.82) is 0 Å². The maximum Gasteiger partial charge on any atom is 0.306 e. The maximum absolute atomic E-state index is 14.4. The molecular weight excluding hydrogens is 385 g/mol. The molecule has 28 heavy (non-hydrogen) atoms. The van der Waals surface area contributed by atoms with Crippen LogP contribution in [-0.4, -0.2) is 36.6 Å². The number of aromatic amines is 1. The maximum atomic E-state index is 14.4. The number of rotatable bonds is 4. The highest BCUT2D eigenvalue weighted by molar-refractivity contribution is 6.31. The molecule has 1 aliphatic rings. The molecule has 0 aliphatic heterocycles. The minimum atomic E-state index is -0.820. The van der Waals surface area contributed by atoms with E-state index in [0.29, 0.717) is 34.9 Å². The molecule has 0 aromatic carbocycles. The summed E-state index contributed by atoms with van der Waals surface area (Å²) < 4.78 is 14.4. The zero-order valence-electron chi connectivity index (χ0n) is 15.2. The van der Waals surface area contributed by atoms with Crippen molar-refractivity contribution in [1.82, 2.24) is 19.9 Å². The van der Waals surface area contributed by atoms with Crippen molar-refractivity contribution in [3.63, 3.8) is 0 Å². The first kappa shape index (κ1) is 18.6. The van der Waals surface area contributed by atoms with Crippen molar-refractivity contribution >= 4 is 34.4 Å². The van der Waals surface area contributed by atoms with Gasteiger partial charge in [0.2, 0.25) is 0 Å². The first-order chi connectivity index (χ1) is 13.3. The minimum Gasteiger partial charge on any atom is -0.481 e. The molecule has 3 aromatic rings. The zero-order chi connectivity index (χ0) is 19.9. The molecule has 1 aliphatic carbocycles. The Labute approximate surface area is 165 Å². The number of H-pyrrole nitrogens is 1. The van der Waals surface area contributed by atoms with Gasteiger partial charge < -0.3 is 15.4 Å². The number of anilines is 1. The van der Waals surface area contributed by atoms with Crippen molar-refractivity contribution in [2.75, 3.05) is 5.32 Å². The molecule has 2 atom stereocenters. The van der Waals surface area contributed by atoms with Gasteiger partial charge in [0.15, 0.2) is 17.5 Å². The monoisotopic (exact) mass is 403 g/mol. The van der Waals surface area contributed by atoms with E-state index in [1.807, 2.05) is 6.92 Å². The summed E-state index contributed by atoms with van der Waals surface area (Å²) in [4.78, 5) is 27.1. The lowest BCUT2D eigenvalue weighted by atomic mass is 9.77. The summed E-state index contributed by atoms with van der Waals surface area (Å²) in [7, 11) is 0. The SMILES string of the molecule is C[C@@]1(Nc2nc(-c3c[nH]c4ncc(Cl)cc34)ncc2F)CCC[C@H](C(=O)O)C1. The number of carboxylic acids is 1. The highest BCUT2D eigenvalue weighted by atomic mass is 35.5. The summed E-state index contributed by atoms with van der Waals surface area (Å²) in [5, 5.41) is 13.7. The molecule has 0 bridgehead atoms. The molecule has 3 N–H and O–H groups in total. The van der Waals surface area contributed by atoms with Crippen LogP contribution in [-0.2, 0) is 4.79 Å². The Balaban J connectivity index is 1.67. The standard InChI is InChI=1S/C19H19ClFN5O2/c1-19(4-2-3-10(6-19)18(27)28)26-17-14(21)9-24-16(25-17)13-8-23-15-12(13)5-11(20)7-22-15/h5,7-10H,2-4,6H2,1H3,(H,22,23)(H,27,28)(H,24,25,26)/t10-,19+/m0/s1. The fourth-order valence-corrected chi connectivity index (χ4v) is 4.00. The van der Waals surface area contributed by atoms with Crippen molar-refractivity contribution in [2.45, 2.75) is 38.1 Å². The van der Waals surface area contributed by atoms with E-state index in [2.05, 4.69) is 25.3 Å². The van der Waals surface area contributed by atoms with Crippen LogP contribution in [0.25, 0.3) is 22.4 Å². The number of nitrogens with one attached hydrogen (secondary N) is 2. The Bertz CT molecular complexity index is 1060. The second kappa shape index (κ2) is 7.01. The molecule has 1 fully saturated rings. The first-order valence-electron chi connectivity index (χ1n) is 9.01. The van der Waals surface area contributed by atoms with Crippen LogP contribution in [0.15, 0.2) is 24.7 Å². The molecule has 9 heteroatoms. The largest absolute Gasteiger partial charge is 0.481 e. The van der Waals surface area contributed by atoms with Gasteiger partial charge in [0, 0.05) is 28.9 Å². The molecule has 0 radical (unpaired) electrons. The normalized spacial score (nSPS) is 22.3. The summed E-state index contributed by atoms with van der Waals surface area (Å²) in [6.07, 6.45) is 6.89. The second-order valence-corrected chi connectivity index (χ2v) is 7.90. The quantitative estimate of drug-likeness (QED) is 0.601. The van der Waals surface area contributed by atoms with Crippen LogP contribution >= 0.6 is 11.6 Å². The Morgan fingerprint density at radius 1 is 1.43 bits per heavy atom. The summed E-state index contributed by atoms with van der Waals surface area (Å²) >= 11 is 6.04. The number of pyridine rings is 1. The van der Waals surface area contributed by atoms with Gasteiger partial charge >= 0.3 is 5.97 Å². The zero-order valence-corrected chi connectivity index (χ0v) is 15.9. The van der Waals surface area contributed by atoms with Crippen molar-refractivity contribution < 1.29 is 14.3 Å². The Morgan fingerprint density at radius 2 is 2.25 bits per heavy atom. The predicted molar refractivity (Wildman–Crippen MR) is 104 cm³/mol. The van der Waals surface area contributed by atoms with Crippen LogP contribution in [0.5, 0.6) is 0 Å². The third-order valence-corrected chi connectivity index (χ3v) is 5.44. The van der Waals surface area contributed by atoms with Gasteiger partial charge in [0.1, 0.15) is 5.65 Å². The van der Waals surface area contributed by atoms with Gasteiger partial charge in [0.25, 0.3) is 0 Å². The van der Waals surface area contributed by atoms with E-state index >= 15 is 0 Å². The number of aromatic nitrogens is 4. The van der Waals surface area contributed by atoms with E-state index in [1.54, 1.807) is 12.3 Å². The fraction of sp³-hybridized carbons (Fsp3) is 0.368. The molecule has 146 valence electrons. The number of aliphatic carboxylic acids is 1. The Kier molecular flexibility index (Phi) is 4.66. The van der Waals surface area contributed by atoms with Crippen LogP contribution in [0.1, 0.15) is 32.6 Å².